The quantitative estimate of drug-likeness (QED) is 0.154. The molecule has 10 rings (SSSR count). The summed E-state index contributed by atoms with van der Waals surface area (Å²) in [6.07, 6.45) is 1.83. The summed E-state index contributed by atoms with van der Waals surface area (Å²) in [5.74, 6) is 2.14. The van der Waals surface area contributed by atoms with Crippen LogP contribution in [0.2, 0.25) is 0 Å². The molecule has 6 nitrogen and oxygen atoms in total. The summed E-state index contributed by atoms with van der Waals surface area (Å²) < 4.78 is 0. The first-order valence-electron chi connectivity index (χ1n) is 19.2. The van der Waals surface area contributed by atoms with Crippen LogP contribution in [0.5, 0.6) is 0 Å². The molecule has 0 aliphatic rings. The number of hydrogen-bond donors (Lipinski definition) is 0. The molecular formula is C52H34N6. The molecule has 0 aliphatic carbocycles. The summed E-state index contributed by atoms with van der Waals surface area (Å²) in [4.78, 5) is 30.1. The van der Waals surface area contributed by atoms with Crippen molar-refractivity contribution in [2.45, 2.75) is 0 Å². The lowest BCUT2D eigenvalue weighted by molar-refractivity contribution is 1.05. The van der Waals surface area contributed by atoms with Crippen molar-refractivity contribution in [1.29, 1.82) is 0 Å². The van der Waals surface area contributed by atoms with E-state index >= 15 is 0 Å². The highest BCUT2D eigenvalue weighted by atomic mass is 15.1. The van der Waals surface area contributed by atoms with E-state index in [0.717, 1.165) is 72.2 Å². The molecule has 0 fully saturated rings. The molecule has 10 aromatic rings. The van der Waals surface area contributed by atoms with E-state index < -0.39 is 0 Å². The first kappa shape index (κ1) is 34.5. The van der Waals surface area contributed by atoms with Gasteiger partial charge in [-0.05, 0) is 39.9 Å². The molecule has 0 aliphatic heterocycles. The molecule has 0 radical (unpaired) electrons. The van der Waals surface area contributed by atoms with Crippen molar-refractivity contribution in [2.24, 2.45) is 0 Å². The first-order valence-corrected chi connectivity index (χ1v) is 19.2. The van der Waals surface area contributed by atoms with Crippen LogP contribution in [0.3, 0.4) is 0 Å². The second kappa shape index (κ2) is 15.3. The maximum Gasteiger partial charge on any atom is 0.182 e. The lowest BCUT2D eigenvalue weighted by Gasteiger charge is -2.12. The average Bonchev–Trinajstić information content (AvgIpc) is 3.32. The Bertz CT molecular complexity index is 2900. The molecule has 6 heteroatoms. The van der Waals surface area contributed by atoms with Crippen molar-refractivity contribution >= 4 is 10.9 Å². The lowest BCUT2D eigenvalue weighted by Crippen LogP contribution is -2.03. The van der Waals surface area contributed by atoms with Gasteiger partial charge in [-0.3, -0.25) is 4.98 Å². The highest BCUT2D eigenvalue weighted by Gasteiger charge is 2.17. The standard InChI is InChI=1S/C52H34N6/c1-4-12-35(13-5-1)37-21-27-40(28-22-37)46-34-47(55-49(54-46)43-29-23-38(24-30-43)36-14-6-2-7-15-36)52-57-50(42-16-8-3-9-17-42)56-51(58-52)44-31-25-39(26-32-44)45-20-10-18-41-19-11-33-53-48(41)45/h1-34H. The number of aromatic nitrogens is 6. The normalized spacial score (nSPS) is 11.1. The molecule has 0 amide bonds. The van der Waals surface area contributed by atoms with Crippen molar-refractivity contribution in [1.82, 2.24) is 29.9 Å². The van der Waals surface area contributed by atoms with E-state index in [1.807, 2.05) is 60.8 Å². The predicted molar refractivity (Wildman–Crippen MR) is 234 cm³/mol. The average molecular weight is 743 g/mol. The zero-order valence-electron chi connectivity index (χ0n) is 31.3. The Labute approximate surface area is 336 Å². The van der Waals surface area contributed by atoms with Crippen LogP contribution in [-0.4, -0.2) is 29.9 Å². The highest BCUT2D eigenvalue weighted by Crippen LogP contribution is 2.33. The Kier molecular flexibility index (Phi) is 9.10. The minimum absolute atomic E-state index is 0.456. The molecule has 272 valence electrons. The molecule has 0 atom stereocenters. The molecule has 0 bridgehead atoms. The smallest absolute Gasteiger partial charge is 0.182 e. The minimum Gasteiger partial charge on any atom is -0.256 e. The summed E-state index contributed by atoms with van der Waals surface area (Å²) >= 11 is 0. The maximum absolute atomic E-state index is 5.15. The van der Waals surface area contributed by atoms with Gasteiger partial charge >= 0.3 is 0 Å². The summed E-state index contributed by atoms with van der Waals surface area (Å²) in [6, 6.07) is 68.2. The van der Waals surface area contributed by atoms with Crippen LogP contribution in [0.25, 0.3) is 101 Å². The van der Waals surface area contributed by atoms with Crippen molar-refractivity contribution in [3.8, 4) is 90.3 Å². The van der Waals surface area contributed by atoms with Gasteiger partial charge in [-0.2, -0.15) is 0 Å². The van der Waals surface area contributed by atoms with E-state index in [9.17, 15) is 0 Å². The SMILES string of the molecule is c1ccc(-c2ccc(-c3cc(-c4nc(-c5ccccc5)nc(-c5ccc(-c6cccc7cccnc67)cc5)n4)nc(-c4ccc(-c5ccccc5)cc4)n3)cc2)cc1. The third kappa shape index (κ3) is 7.02. The van der Waals surface area contributed by atoms with E-state index in [1.165, 1.54) is 0 Å². The van der Waals surface area contributed by atoms with Crippen LogP contribution in [0.1, 0.15) is 0 Å². The Hall–Kier alpha value is -7.96. The van der Waals surface area contributed by atoms with Gasteiger partial charge in [-0.15, -0.1) is 0 Å². The van der Waals surface area contributed by atoms with Gasteiger partial charge in [0.1, 0.15) is 5.69 Å². The van der Waals surface area contributed by atoms with Crippen LogP contribution < -0.4 is 0 Å². The van der Waals surface area contributed by atoms with E-state index in [1.54, 1.807) is 0 Å². The van der Waals surface area contributed by atoms with Crippen LogP contribution in [0.15, 0.2) is 206 Å². The van der Waals surface area contributed by atoms with E-state index in [2.05, 4.69) is 151 Å². The fourth-order valence-electron chi connectivity index (χ4n) is 7.22. The van der Waals surface area contributed by atoms with Crippen LogP contribution in [0, 0.1) is 0 Å². The number of para-hydroxylation sites is 1. The van der Waals surface area contributed by atoms with Gasteiger partial charge in [0.25, 0.3) is 0 Å². The summed E-state index contributed by atoms with van der Waals surface area (Å²) in [7, 11) is 0. The molecule has 0 saturated heterocycles. The molecule has 0 spiro atoms. The van der Waals surface area contributed by atoms with Crippen LogP contribution in [0.4, 0.5) is 0 Å². The van der Waals surface area contributed by atoms with Gasteiger partial charge in [0, 0.05) is 39.4 Å². The van der Waals surface area contributed by atoms with Crippen molar-refractivity contribution in [3.05, 3.63) is 206 Å². The fourth-order valence-corrected chi connectivity index (χ4v) is 7.22. The van der Waals surface area contributed by atoms with Crippen LogP contribution >= 0.6 is 0 Å². The fraction of sp³-hybridized carbons (Fsp3) is 0. The summed E-state index contributed by atoms with van der Waals surface area (Å²) in [5.41, 5.74) is 12.6. The monoisotopic (exact) mass is 742 g/mol. The second-order valence-corrected chi connectivity index (χ2v) is 14.0. The molecule has 7 aromatic carbocycles. The summed E-state index contributed by atoms with van der Waals surface area (Å²) in [6.45, 7) is 0. The second-order valence-electron chi connectivity index (χ2n) is 14.0. The number of pyridine rings is 1. The van der Waals surface area contributed by atoms with E-state index in [4.69, 9.17) is 24.9 Å². The van der Waals surface area contributed by atoms with Gasteiger partial charge in [-0.25, -0.2) is 24.9 Å². The molecule has 58 heavy (non-hydrogen) atoms. The Morgan fingerprint density at radius 2 is 0.672 bits per heavy atom. The van der Waals surface area contributed by atoms with Crippen molar-refractivity contribution < 1.29 is 0 Å². The maximum atomic E-state index is 5.15. The van der Waals surface area contributed by atoms with E-state index in [0.29, 0.717) is 29.0 Å². The molecular weight excluding hydrogens is 709 g/mol. The third-order valence-corrected chi connectivity index (χ3v) is 10.2. The molecule has 3 aromatic heterocycles. The topological polar surface area (TPSA) is 77.3 Å². The molecule has 0 saturated carbocycles. The van der Waals surface area contributed by atoms with Gasteiger partial charge in [0.15, 0.2) is 23.3 Å². The number of rotatable bonds is 8. The van der Waals surface area contributed by atoms with Crippen molar-refractivity contribution in [3.63, 3.8) is 0 Å². The van der Waals surface area contributed by atoms with E-state index in [-0.39, 0.29) is 0 Å². The zero-order valence-corrected chi connectivity index (χ0v) is 31.3. The number of benzene rings is 7. The van der Waals surface area contributed by atoms with Gasteiger partial charge in [-0.1, -0.05) is 188 Å². The molecule has 0 unspecified atom stereocenters. The van der Waals surface area contributed by atoms with Crippen LogP contribution in [-0.2, 0) is 0 Å². The third-order valence-electron chi connectivity index (χ3n) is 10.2. The molecule has 3 heterocycles. The number of hydrogen-bond acceptors (Lipinski definition) is 6. The summed E-state index contributed by atoms with van der Waals surface area (Å²) in [5, 5.41) is 1.10. The Morgan fingerprint density at radius 1 is 0.259 bits per heavy atom. The highest BCUT2D eigenvalue weighted by molar-refractivity contribution is 5.93. The minimum atomic E-state index is 0.456. The van der Waals surface area contributed by atoms with Gasteiger partial charge < -0.3 is 0 Å². The Balaban J connectivity index is 1.10. The van der Waals surface area contributed by atoms with Crippen molar-refractivity contribution in [2.75, 3.05) is 0 Å². The number of nitrogens with zero attached hydrogens (tertiary/aromatic N) is 6. The largest absolute Gasteiger partial charge is 0.256 e. The zero-order chi connectivity index (χ0) is 38.7. The number of fused-ring (bicyclic) bond motifs is 1. The Morgan fingerprint density at radius 3 is 1.26 bits per heavy atom. The molecule has 0 N–H and O–H groups in total. The first-order chi connectivity index (χ1) is 28.7. The predicted octanol–water partition coefficient (Wildman–Crippen LogP) is 12.5. The van der Waals surface area contributed by atoms with Gasteiger partial charge in [0.2, 0.25) is 0 Å². The lowest BCUT2D eigenvalue weighted by atomic mass is 10.0. The van der Waals surface area contributed by atoms with Gasteiger partial charge in [0.05, 0.1) is 11.2 Å².